The first-order valence-electron chi connectivity index (χ1n) is 10.6. The summed E-state index contributed by atoms with van der Waals surface area (Å²) >= 11 is 1.93. The summed E-state index contributed by atoms with van der Waals surface area (Å²) in [6.45, 7) is 5.83. The van der Waals surface area contributed by atoms with Crippen molar-refractivity contribution in [3.63, 3.8) is 0 Å². The van der Waals surface area contributed by atoms with Crippen molar-refractivity contribution < 1.29 is 22.1 Å². The second-order valence-electron chi connectivity index (χ2n) is 7.48. The van der Waals surface area contributed by atoms with Gasteiger partial charge in [0.05, 0.1) is 10.2 Å². The molecule has 3 aromatic carbocycles. The van der Waals surface area contributed by atoms with Crippen LogP contribution in [-0.4, -0.2) is 20.9 Å². The van der Waals surface area contributed by atoms with E-state index in [4.69, 9.17) is 8.92 Å². The Balaban J connectivity index is 1.95. The molecule has 9 heteroatoms. The molecule has 0 spiro atoms. The van der Waals surface area contributed by atoms with Gasteiger partial charge >= 0.3 is 10.1 Å². The van der Waals surface area contributed by atoms with Gasteiger partial charge in [0.15, 0.2) is 11.5 Å². The second kappa shape index (κ2) is 11.4. The van der Waals surface area contributed by atoms with Gasteiger partial charge in [0.25, 0.3) is 5.91 Å². The largest absolute Gasteiger partial charge is 0.490 e. The Morgan fingerprint density at radius 2 is 1.83 bits per heavy atom. The van der Waals surface area contributed by atoms with Gasteiger partial charge in [-0.1, -0.05) is 30.3 Å². The number of nitriles is 1. The van der Waals surface area contributed by atoms with E-state index < -0.39 is 16.0 Å². The molecular weight excluding hydrogens is 579 g/mol. The summed E-state index contributed by atoms with van der Waals surface area (Å²) in [6.07, 6.45) is 1.42. The van der Waals surface area contributed by atoms with Crippen molar-refractivity contribution >= 4 is 50.4 Å². The van der Waals surface area contributed by atoms with Gasteiger partial charge in [-0.15, -0.1) is 0 Å². The van der Waals surface area contributed by atoms with E-state index in [0.717, 1.165) is 11.1 Å². The van der Waals surface area contributed by atoms with E-state index in [-0.39, 0.29) is 28.6 Å². The molecule has 0 saturated carbocycles. The molecule has 0 aromatic heterocycles. The number of aryl methyl sites for hydroxylation is 1. The third kappa shape index (κ3) is 6.41. The zero-order chi connectivity index (χ0) is 25.6. The molecule has 180 valence electrons. The topological polar surface area (TPSA) is 105 Å². The van der Waals surface area contributed by atoms with Crippen LogP contribution in [0.5, 0.6) is 11.5 Å². The predicted molar refractivity (Wildman–Crippen MR) is 143 cm³/mol. The van der Waals surface area contributed by atoms with E-state index in [1.54, 1.807) is 37.3 Å². The Hall–Kier alpha value is -3.36. The fourth-order valence-corrected chi connectivity index (χ4v) is 5.01. The van der Waals surface area contributed by atoms with E-state index >= 15 is 0 Å². The maximum absolute atomic E-state index is 12.8. The number of rotatable bonds is 8. The minimum absolute atomic E-state index is 0.0112. The lowest BCUT2D eigenvalue weighted by molar-refractivity contribution is -0.112. The lowest BCUT2D eigenvalue weighted by Gasteiger charge is -2.15. The van der Waals surface area contributed by atoms with E-state index in [0.29, 0.717) is 14.8 Å². The average molecular weight is 602 g/mol. The maximum Gasteiger partial charge on any atom is 0.339 e. The summed E-state index contributed by atoms with van der Waals surface area (Å²) < 4.78 is 37.0. The highest BCUT2D eigenvalue weighted by atomic mass is 127. The molecule has 0 radical (unpaired) electrons. The minimum Gasteiger partial charge on any atom is -0.490 e. The SMILES string of the molecule is CCOc1cc(/C=C(\C#N)C(=O)Nc2cccc(C)c2C)cc(I)c1OS(=O)(=O)c1ccccc1. The molecule has 0 saturated heterocycles. The average Bonchev–Trinajstić information content (AvgIpc) is 2.83. The van der Waals surface area contributed by atoms with Gasteiger partial charge in [-0.25, -0.2) is 0 Å². The summed E-state index contributed by atoms with van der Waals surface area (Å²) in [5, 5.41) is 12.4. The third-order valence-electron chi connectivity index (χ3n) is 5.09. The molecule has 0 unspecified atom stereocenters. The minimum atomic E-state index is -4.09. The number of carbonyl (C=O) groups excluding carboxylic acids is 1. The van der Waals surface area contributed by atoms with Crippen LogP contribution >= 0.6 is 22.6 Å². The standard InChI is InChI=1S/C26H23IN2O5S/c1-4-33-24-15-19(13-20(16-28)26(30)29-23-12-8-9-17(2)18(23)3)14-22(27)25(24)34-35(31,32)21-10-6-5-7-11-21/h5-15H,4H2,1-3H3,(H,29,30)/b20-13+. The molecule has 3 rings (SSSR count). The van der Waals surface area contributed by atoms with Gasteiger partial charge in [-0.2, -0.15) is 13.7 Å². The van der Waals surface area contributed by atoms with E-state index in [9.17, 15) is 18.5 Å². The summed E-state index contributed by atoms with van der Waals surface area (Å²) in [5.41, 5.74) is 2.91. The first kappa shape index (κ1) is 26.2. The fourth-order valence-electron chi connectivity index (χ4n) is 3.15. The maximum atomic E-state index is 12.8. The van der Waals surface area contributed by atoms with Crippen LogP contribution in [0.1, 0.15) is 23.6 Å². The summed E-state index contributed by atoms with van der Waals surface area (Å²) in [7, 11) is -4.09. The van der Waals surface area contributed by atoms with Gasteiger partial charge in [0.1, 0.15) is 16.5 Å². The van der Waals surface area contributed by atoms with Crippen molar-refractivity contribution in [3.05, 3.63) is 86.5 Å². The van der Waals surface area contributed by atoms with Crippen LogP contribution in [0.4, 0.5) is 5.69 Å². The first-order chi connectivity index (χ1) is 16.7. The first-order valence-corrected chi connectivity index (χ1v) is 13.1. The molecule has 1 N–H and O–H groups in total. The van der Waals surface area contributed by atoms with E-state index in [1.807, 2.05) is 54.6 Å². The number of ether oxygens (including phenoxy) is 1. The quantitative estimate of drug-likeness (QED) is 0.155. The normalized spacial score (nSPS) is 11.5. The van der Waals surface area contributed by atoms with Crippen molar-refractivity contribution in [1.29, 1.82) is 5.26 Å². The molecule has 0 bridgehead atoms. The molecule has 0 atom stereocenters. The second-order valence-corrected chi connectivity index (χ2v) is 10.2. The highest BCUT2D eigenvalue weighted by Gasteiger charge is 2.22. The Labute approximate surface area is 218 Å². The Bertz CT molecular complexity index is 1430. The molecule has 35 heavy (non-hydrogen) atoms. The van der Waals surface area contributed by atoms with Crippen molar-refractivity contribution in [2.75, 3.05) is 11.9 Å². The highest BCUT2D eigenvalue weighted by Crippen LogP contribution is 2.37. The third-order valence-corrected chi connectivity index (χ3v) is 7.12. The number of hydrogen-bond acceptors (Lipinski definition) is 6. The van der Waals surface area contributed by atoms with Crippen LogP contribution in [0.3, 0.4) is 0 Å². The Morgan fingerprint density at radius 1 is 1.11 bits per heavy atom. The molecule has 0 heterocycles. The van der Waals surface area contributed by atoms with E-state index in [1.165, 1.54) is 24.3 Å². The summed E-state index contributed by atoms with van der Waals surface area (Å²) in [5.74, 6) is -0.342. The van der Waals surface area contributed by atoms with Gasteiger partial charge in [-0.3, -0.25) is 4.79 Å². The number of nitrogens with one attached hydrogen (secondary N) is 1. The number of anilines is 1. The molecule has 0 aliphatic heterocycles. The smallest absolute Gasteiger partial charge is 0.339 e. The molecule has 0 fully saturated rings. The lowest BCUT2D eigenvalue weighted by atomic mass is 10.1. The van der Waals surface area contributed by atoms with Gasteiger partial charge < -0.3 is 14.2 Å². The van der Waals surface area contributed by atoms with Crippen LogP contribution in [0.25, 0.3) is 6.08 Å². The Morgan fingerprint density at radius 3 is 2.49 bits per heavy atom. The van der Waals surface area contributed by atoms with Gasteiger partial charge in [0, 0.05) is 5.69 Å². The van der Waals surface area contributed by atoms with Crippen LogP contribution in [-0.2, 0) is 14.9 Å². The number of halogens is 1. The highest BCUT2D eigenvalue weighted by molar-refractivity contribution is 14.1. The van der Waals surface area contributed by atoms with Crippen LogP contribution in [0, 0.1) is 28.7 Å². The number of nitrogens with zero attached hydrogens (tertiary/aromatic N) is 1. The molecule has 3 aromatic rings. The Kier molecular flexibility index (Phi) is 8.53. The molecular formula is C26H23IN2O5S. The molecule has 0 aliphatic rings. The van der Waals surface area contributed by atoms with Crippen LogP contribution < -0.4 is 14.2 Å². The van der Waals surface area contributed by atoms with Crippen molar-refractivity contribution in [1.82, 2.24) is 0 Å². The van der Waals surface area contributed by atoms with Crippen molar-refractivity contribution in [2.24, 2.45) is 0 Å². The van der Waals surface area contributed by atoms with Gasteiger partial charge in [-0.05, 0) is 96.5 Å². The molecule has 1 amide bonds. The van der Waals surface area contributed by atoms with Crippen molar-refractivity contribution in [3.8, 4) is 17.6 Å². The van der Waals surface area contributed by atoms with Crippen LogP contribution in [0.15, 0.2) is 71.1 Å². The predicted octanol–water partition coefficient (Wildman–Crippen LogP) is 5.62. The number of benzene rings is 3. The fraction of sp³-hybridized carbons (Fsp3) is 0.154. The summed E-state index contributed by atoms with van der Waals surface area (Å²) in [6, 6.07) is 18.4. The van der Waals surface area contributed by atoms with Crippen molar-refractivity contribution in [2.45, 2.75) is 25.7 Å². The zero-order valence-corrected chi connectivity index (χ0v) is 22.3. The number of hydrogen-bond donors (Lipinski definition) is 1. The van der Waals surface area contributed by atoms with Crippen LogP contribution in [0.2, 0.25) is 0 Å². The zero-order valence-electron chi connectivity index (χ0n) is 19.3. The molecule has 0 aliphatic carbocycles. The number of carbonyl (C=O) groups is 1. The summed E-state index contributed by atoms with van der Waals surface area (Å²) in [4.78, 5) is 12.8. The molecule has 7 nitrogen and oxygen atoms in total. The lowest BCUT2D eigenvalue weighted by Crippen LogP contribution is -2.14. The van der Waals surface area contributed by atoms with E-state index in [2.05, 4.69) is 5.32 Å². The monoisotopic (exact) mass is 602 g/mol. The number of amides is 1. The van der Waals surface area contributed by atoms with Gasteiger partial charge in [0.2, 0.25) is 0 Å².